The molecule has 20 rings (SSSR count). The molecule has 4 radical (unpaired) electrons. The molecule has 0 saturated heterocycles. The number of hydrogen-bond donors (Lipinski definition) is 0. The van der Waals surface area contributed by atoms with Crippen LogP contribution in [-0.4, -0.2) is 39.9 Å². The van der Waals surface area contributed by atoms with Crippen molar-refractivity contribution >= 4 is 0 Å². The topological polar surface area (TPSA) is 103 Å². The molecule has 12 aromatic carbocycles. The Morgan fingerprint density at radius 1 is 0.172 bits per heavy atom. The standard InChI is InChI=1S/2C18H14N.2C17H12N.2C12H10N.2C11H8N.4Ir/c1-14-6-5-9-18(19-14)17-12-10-16(11-13-17)15-7-3-2-4-8-15;1-14-11-12-19-18(13-14)17-9-7-16(8-10-17)15-5-3-2-4-6-15;1-3-7-14(8-4-1)16-11-12-17(18-13-16)15-9-5-2-6-10-15;1-2-6-14(7-3-1)15-9-11-16(12-10-15)17-8-4-5-13-18-17;2*1-10-6-5-9-12(13-10)11-7-3-2-4-8-11;2*1-2-6-10(7-3-1)11-8-4-5-9-12-11;;;;/h2-12H,1H3;2-9,11-13H,1H3;1-9,11-13H;1-11,13H;2*2-7,9H,1H3;2*1-6,8-9H;;;;/q8*-1;;;;. The van der Waals surface area contributed by atoms with Crippen LogP contribution in [0.15, 0.2) is 462 Å². The number of aromatic nitrogens is 8. The van der Waals surface area contributed by atoms with Crippen LogP contribution in [0.5, 0.6) is 0 Å². The van der Waals surface area contributed by atoms with Gasteiger partial charge in [-0.2, -0.15) is 0 Å². The maximum atomic E-state index is 4.51. The molecule has 8 aromatic heterocycles. The van der Waals surface area contributed by atoms with Crippen LogP contribution in [0, 0.1) is 76.2 Å². The first-order valence-electron chi connectivity index (χ1n) is 40.7. The van der Waals surface area contributed by atoms with E-state index in [0.717, 1.165) is 113 Å². The largest absolute Gasteiger partial charge is 0.305 e. The number of rotatable bonds is 12. The van der Waals surface area contributed by atoms with Gasteiger partial charge in [-0.3, -0.25) is 0 Å². The zero-order chi connectivity index (χ0) is 85.2. The van der Waals surface area contributed by atoms with Crippen molar-refractivity contribution in [1.29, 1.82) is 0 Å². The van der Waals surface area contributed by atoms with Gasteiger partial charge in [-0.1, -0.05) is 251 Å². The minimum absolute atomic E-state index is 0. The van der Waals surface area contributed by atoms with E-state index >= 15 is 0 Å². The molecule has 0 amide bonds. The predicted octanol–water partition coefficient (Wildman–Crippen LogP) is 28.3. The molecular weight excluding hydrogens is 2270 g/mol. The molecule has 0 aliphatic carbocycles. The van der Waals surface area contributed by atoms with Gasteiger partial charge in [0.2, 0.25) is 0 Å². The van der Waals surface area contributed by atoms with Crippen molar-refractivity contribution in [2.75, 3.05) is 0 Å². The van der Waals surface area contributed by atoms with E-state index in [-0.39, 0.29) is 80.4 Å². The molecule has 0 aliphatic heterocycles. The van der Waals surface area contributed by atoms with Gasteiger partial charge in [-0.25, -0.2) is 0 Å². The maximum absolute atomic E-state index is 4.51. The van der Waals surface area contributed by atoms with Crippen LogP contribution < -0.4 is 0 Å². The molecule has 128 heavy (non-hydrogen) atoms. The first kappa shape index (κ1) is 98.2. The molecule has 0 atom stereocenters. The van der Waals surface area contributed by atoms with Gasteiger partial charge in [0.15, 0.2) is 0 Å². The Bertz CT molecular complexity index is 5830. The van der Waals surface area contributed by atoms with Crippen molar-refractivity contribution in [1.82, 2.24) is 39.9 Å². The van der Waals surface area contributed by atoms with Crippen molar-refractivity contribution in [3.63, 3.8) is 0 Å². The van der Waals surface area contributed by atoms with Crippen molar-refractivity contribution in [2.24, 2.45) is 0 Å². The second kappa shape index (κ2) is 54.4. The number of aryl methyl sites for hydroxylation is 4. The van der Waals surface area contributed by atoms with Crippen LogP contribution in [0.25, 0.3) is 135 Å². The molecule has 0 N–H and O–H groups in total. The van der Waals surface area contributed by atoms with Gasteiger partial charge in [0.1, 0.15) is 0 Å². The van der Waals surface area contributed by atoms with Gasteiger partial charge in [0.25, 0.3) is 0 Å². The van der Waals surface area contributed by atoms with E-state index in [1.807, 2.05) is 367 Å². The SMILES string of the molecule is Cc1cccc(-c2[c-]cc(-c3ccccc3)cc2)n1.Cc1cccc(-c2[c-]cccc2)n1.Cc1cccc(-c2[c-]cccc2)n1.Cc1ccnc(-c2[c-]cc(-c3ccccc3)cc2)c1.[Ir].[Ir].[Ir].[Ir].[c-]1cc(-c2ccccc2)ccc1-c1ccccn1.[c-]1ccccc1-c1ccc(-c2ccccc2)cn1.[c-]1ccccc1-c1ccccn1.[c-]1ccccc1-c1ccccn1. The summed E-state index contributed by atoms with van der Waals surface area (Å²) in [6.07, 6.45) is 9.12. The Balaban J connectivity index is 0.000000165. The molecule has 8 heterocycles. The normalized spacial score (nSPS) is 9.78. The summed E-state index contributed by atoms with van der Waals surface area (Å²) in [5, 5.41) is 0. The van der Waals surface area contributed by atoms with Crippen LogP contribution in [0.3, 0.4) is 0 Å². The summed E-state index contributed by atoms with van der Waals surface area (Å²) >= 11 is 0. The van der Waals surface area contributed by atoms with Gasteiger partial charge in [0, 0.05) is 128 Å². The van der Waals surface area contributed by atoms with E-state index in [9.17, 15) is 0 Å². The van der Waals surface area contributed by atoms with Gasteiger partial charge < -0.3 is 39.9 Å². The average molecular weight is 2360 g/mol. The van der Waals surface area contributed by atoms with Gasteiger partial charge >= 0.3 is 0 Å². The number of nitrogens with zero attached hydrogens (tertiary/aromatic N) is 8. The second-order valence-electron chi connectivity index (χ2n) is 28.1. The number of pyridine rings is 8. The van der Waals surface area contributed by atoms with Gasteiger partial charge in [0.05, 0.1) is 0 Å². The molecule has 8 nitrogen and oxygen atoms in total. The fourth-order valence-electron chi connectivity index (χ4n) is 12.6. The zero-order valence-electron chi connectivity index (χ0n) is 70.8. The summed E-state index contributed by atoms with van der Waals surface area (Å²) in [5.41, 5.74) is 29.9. The summed E-state index contributed by atoms with van der Waals surface area (Å²) in [7, 11) is 0. The molecule has 0 bridgehead atoms. The van der Waals surface area contributed by atoms with Crippen LogP contribution in [0.1, 0.15) is 22.6 Å². The van der Waals surface area contributed by atoms with Crippen LogP contribution in [0.2, 0.25) is 0 Å². The molecule has 0 spiro atoms. The van der Waals surface area contributed by atoms with E-state index in [0.29, 0.717) is 0 Å². The van der Waals surface area contributed by atoms with E-state index in [1.165, 1.54) is 44.5 Å². The fraction of sp³-hybridized carbons (Fsp3) is 0.0345. The maximum Gasteiger partial charge on any atom is 0.0266 e. The monoisotopic (exact) mass is 2360 g/mol. The molecule has 0 fully saturated rings. The number of benzene rings is 12. The van der Waals surface area contributed by atoms with Crippen molar-refractivity contribution < 1.29 is 80.4 Å². The Morgan fingerprint density at radius 3 is 0.695 bits per heavy atom. The summed E-state index contributed by atoms with van der Waals surface area (Å²) in [5.74, 6) is 0. The van der Waals surface area contributed by atoms with Crippen LogP contribution in [0.4, 0.5) is 0 Å². The summed E-state index contributed by atoms with van der Waals surface area (Å²) < 4.78 is 0. The first-order chi connectivity index (χ1) is 61.2. The Labute approximate surface area is 808 Å². The van der Waals surface area contributed by atoms with Crippen LogP contribution in [-0.2, 0) is 80.4 Å². The average Bonchev–Trinajstić information content (AvgIpc) is 0.843. The molecule has 636 valence electrons. The smallest absolute Gasteiger partial charge is 0.0266 e. The molecule has 0 unspecified atom stereocenters. The fourth-order valence-corrected chi connectivity index (χ4v) is 12.6. The molecule has 12 heteroatoms. The Morgan fingerprint density at radius 2 is 0.430 bits per heavy atom. The minimum Gasteiger partial charge on any atom is -0.305 e. The number of hydrogen-bond acceptors (Lipinski definition) is 8. The second-order valence-corrected chi connectivity index (χ2v) is 28.1. The zero-order valence-corrected chi connectivity index (χ0v) is 80.4. The van der Waals surface area contributed by atoms with Crippen molar-refractivity contribution in [3.05, 3.63) is 533 Å². The summed E-state index contributed by atoms with van der Waals surface area (Å²) in [6.45, 7) is 8.06. The van der Waals surface area contributed by atoms with Crippen molar-refractivity contribution in [3.8, 4) is 135 Å². The van der Waals surface area contributed by atoms with Crippen molar-refractivity contribution in [2.45, 2.75) is 27.7 Å². The molecule has 0 saturated carbocycles. The summed E-state index contributed by atoms with van der Waals surface area (Å²) in [6, 6.07) is 169. The van der Waals surface area contributed by atoms with E-state index in [2.05, 4.69) is 192 Å². The third-order valence-corrected chi connectivity index (χ3v) is 19.0. The first-order valence-corrected chi connectivity index (χ1v) is 40.7. The van der Waals surface area contributed by atoms with E-state index < -0.39 is 0 Å². The molecule has 20 aromatic rings. The quantitative estimate of drug-likeness (QED) is 0.111. The molecule has 0 aliphatic rings. The summed E-state index contributed by atoms with van der Waals surface area (Å²) in [4.78, 5) is 35.0. The van der Waals surface area contributed by atoms with E-state index in [4.69, 9.17) is 0 Å². The van der Waals surface area contributed by atoms with E-state index in [1.54, 1.807) is 18.6 Å². The van der Waals surface area contributed by atoms with Gasteiger partial charge in [-0.05, 0) is 127 Å². The minimum atomic E-state index is 0. The molecular formula is C116H88Ir4N8-8. The third-order valence-electron chi connectivity index (χ3n) is 19.0. The Hall–Kier alpha value is -13.6. The van der Waals surface area contributed by atoms with Gasteiger partial charge in [-0.15, -0.1) is 269 Å². The Kier molecular flexibility index (Phi) is 41.7. The predicted molar refractivity (Wildman–Crippen MR) is 509 cm³/mol. The third kappa shape index (κ3) is 31.5. The van der Waals surface area contributed by atoms with Crippen LogP contribution >= 0.6 is 0 Å².